The molecule has 1 aromatic carbocycles. The Balaban J connectivity index is 2.72. The minimum Gasteiger partial charge on any atom is -0.210 e. The quantitative estimate of drug-likeness (QED) is 0.846. The maximum Gasteiger partial charge on any atom is 0.240 e. The first-order valence-corrected chi connectivity index (χ1v) is 7.62. The summed E-state index contributed by atoms with van der Waals surface area (Å²) in [6, 6.07) is 4.75. The van der Waals surface area contributed by atoms with Crippen LogP contribution in [0.1, 0.15) is 13.8 Å². The number of alkyl halides is 1. The Hall–Kier alpha value is -0.460. The molecule has 0 aliphatic rings. The molecule has 0 fully saturated rings. The zero-order chi connectivity index (χ0) is 13.1. The van der Waals surface area contributed by atoms with Crippen molar-refractivity contribution in [1.82, 2.24) is 4.72 Å². The monoisotopic (exact) mass is 323 g/mol. The molecule has 1 unspecified atom stereocenters. The van der Waals surface area contributed by atoms with Crippen LogP contribution in [0.5, 0.6) is 0 Å². The van der Waals surface area contributed by atoms with Gasteiger partial charge >= 0.3 is 0 Å². The predicted octanol–water partition coefficient (Wildman–Crippen LogP) is 2.52. The Morgan fingerprint density at radius 3 is 2.29 bits per heavy atom. The molecule has 0 saturated carbocycles. The van der Waals surface area contributed by atoms with Crippen LogP contribution in [0.2, 0.25) is 0 Å². The first kappa shape index (κ1) is 14.6. The molecule has 0 spiro atoms. The van der Waals surface area contributed by atoms with Crippen molar-refractivity contribution < 1.29 is 12.8 Å². The summed E-state index contributed by atoms with van der Waals surface area (Å²) in [5, 5.41) is 0. The van der Waals surface area contributed by atoms with Gasteiger partial charge in [-0.2, -0.15) is 0 Å². The molecule has 96 valence electrons. The van der Waals surface area contributed by atoms with Gasteiger partial charge in [0.25, 0.3) is 0 Å². The van der Waals surface area contributed by atoms with E-state index >= 15 is 0 Å². The Bertz CT molecular complexity index is 459. The van der Waals surface area contributed by atoms with E-state index < -0.39 is 15.8 Å². The predicted molar refractivity (Wildman–Crippen MR) is 69.1 cm³/mol. The van der Waals surface area contributed by atoms with Crippen LogP contribution in [0, 0.1) is 11.7 Å². The smallest absolute Gasteiger partial charge is 0.210 e. The highest BCUT2D eigenvalue weighted by Crippen LogP contribution is 2.13. The van der Waals surface area contributed by atoms with Crippen molar-refractivity contribution >= 4 is 26.0 Å². The molecule has 0 bridgehead atoms. The van der Waals surface area contributed by atoms with Gasteiger partial charge in [0.15, 0.2) is 0 Å². The summed E-state index contributed by atoms with van der Waals surface area (Å²) in [5.74, 6) is -0.129. The van der Waals surface area contributed by atoms with Crippen molar-refractivity contribution in [2.75, 3.05) is 6.54 Å². The lowest BCUT2D eigenvalue weighted by molar-refractivity contribution is 0.562. The van der Waals surface area contributed by atoms with E-state index in [0.29, 0.717) is 12.5 Å². The molecule has 3 nitrogen and oxygen atoms in total. The van der Waals surface area contributed by atoms with Crippen molar-refractivity contribution in [2.45, 2.75) is 23.6 Å². The fourth-order valence-electron chi connectivity index (χ4n) is 1.12. The molecular formula is C11H15BrFNO2S. The standard InChI is InChI=1S/C11H15BrFNO2S/c1-8(2)11(12)7-14-17(15,16)10-5-3-9(13)4-6-10/h3-6,8,11,14H,7H2,1-2H3. The van der Waals surface area contributed by atoms with Gasteiger partial charge in [-0.25, -0.2) is 17.5 Å². The molecule has 0 aliphatic heterocycles. The summed E-state index contributed by atoms with van der Waals surface area (Å²) >= 11 is 3.39. The average molecular weight is 324 g/mol. The molecule has 0 amide bonds. The molecule has 0 radical (unpaired) electrons. The topological polar surface area (TPSA) is 46.2 Å². The third-order valence-corrected chi connectivity index (χ3v) is 5.14. The SMILES string of the molecule is CC(C)C(Br)CNS(=O)(=O)c1ccc(F)cc1. The normalized spacial score (nSPS) is 13.9. The number of sulfonamides is 1. The molecule has 1 atom stereocenters. The molecule has 0 aliphatic carbocycles. The second-order valence-electron chi connectivity index (χ2n) is 4.07. The number of hydrogen-bond donors (Lipinski definition) is 1. The lowest BCUT2D eigenvalue weighted by Crippen LogP contribution is -2.31. The van der Waals surface area contributed by atoms with E-state index in [0.717, 1.165) is 12.1 Å². The van der Waals surface area contributed by atoms with E-state index in [2.05, 4.69) is 20.7 Å². The molecule has 1 N–H and O–H groups in total. The molecule has 1 aromatic rings. The summed E-state index contributed by atoms with van der Waals surface area (Å²) in [5.41, 5.74) is 0. The highest BCUT2D eigenvalue weighted by Gasteiger charge is 2.17. The van der Waals surface area contributed by atoms with Crippen molar-refractivity contribution in [1.29, 1.82) is 0 Å². The van der Waals surface area contributed by atoms with Crippen LogP contribution in [-0.4, -0.2) is 19.8 Å². The van der Waals surface area contributed by atoms with E-state index in [1.807, 2.05) is 13.8 Å². The summed E-state index contributed by atoms with van der Waals surface area (Å²) in [6.07, 6.45) is 0. The van der Waals surface area contributed by atoms with Crippen LogP contribution in [0.4, 0.5) is 4.39 Å². The lowest BCUT2D eigenvalue weighted by Gasteiger charge is -2.14. The van der Waals surface area contributed by atoms with Crippen LogP contribution >= 0.6 is 15.9 Å². The van der Waals surface area contributed by atoms with Gasteiger partial charge in [0.1, 0.15) is 5.82 Å². The number of nitrogens with one attached hydrogen (secondary N) is 1. The van der Waals surface area contributed by atoms with E-state index in [1.165, 1.54) is 12.1 Å². The van der Waals surface area contributed by atoms with Crippen molar-refractivity contribution in [3.63, 3.8) is 0 Å². The molecule has 0 heterocycles. The van der Waals surface area contributed by atoms with Gasteiger partial charge in [-0.05, 0) is 30.2 Å². The lowest BCUT2D eigenvalue weighted by atomic mass is 10.1. The maximum absolute atomic E-state index is 12.7. The van der Waals surface area contributed by atoms with Gasteiger partial charge in [0.2, 0.25) is 10.0 Å². The summed E-state index contributed by atoms with van der Waals surface area (Å²) in [6.45, 7) is 4.29. The Morgan fingerprint density at radius 2 is 1.82 bits per heavy atom. The molecule has 0 aromatic heterocycles. The molecule has 1 rings (SSSR count). The first-order chi connectivity index (χ1) is 7.83. The Morgan fingerprint density at radius 1 is 1.29 bits per heavy atom. The van der Waals surface area contributed by atoms with Crippen LogP contribution in [0.3, 0.4) is 0 Å². The van der Waals surface area contributed by atoms with Crippen molar-refractivity contribution in [3.8, 4) is 0 Å². The second kappa shape index (κ2) is 5.93. The van der Waals surface area contributed by atoms with E-state index in [9.17, 15) is 12.8 Å². The zero-order valence-corrected chi connectivity index (χ0v) is 12.1. The van der Waals surface area contributed by atoms with E-state index in [1.54, 1.807) is 0 Å². The fraction of sp³-hybridized carbons (Fsp3) is 0.455. The summed E-state index contributed by atoms with van der Waals surface area (Å²) in [4.78, 5) is 0.139. The zero-order valence-electron chi connectivity index (χ0n) is 9.65. The van der Waals surface area contributed by atoms with Gasteiger partial charge in [0, 0.05) is 11.4 Å². The summed E-state index contributed by atoms with van der Waals surface area (Å²) < 4.78 is 38.8. The van der Waals surface area contributed by atoms with Crippen LogP contribution in [-0.2, 0) is 10.0 Å². The number of halogens is 2. The highest BCUT2D eigenvalue weighted by atomic mass is 79.9. The third-order valence-electron chi connectivity index (χ3n) is 2.32. The highest BCUT2D eigenvalue weighted by molar-refractivity contribution is 9.09. The Labute approximate surface area is 110 Å². The third kappa shape index (κ3) is 4.37. The van der Waals surface area contributed by atoms with E-state index in [-0.39, 0.29) is 9.72 Å². The minimum atomic E-state index is -3.55. The van der Waals surface area contributed by atoms with Crippen LogP contribution < -0.4 is 4.72 Å². The largest absolute Gasteiger partial charge is 0.240 e. The van der Waals surface area contributed by atoms with Crippen molar-refractivity contribution in [2.24, 2.45) is 5.92 Å². The number of benzene rings is 1. The van der Waals surface area contributed by atoms with E-state index in [4.69, 9.17) is 0 Å². The first-order valence-electron chi connectivity index (χ1n) is 5.22. The maximum atomic E-state index is 12.7. The van der Waals surface area contributed by atoms with Gasteiger partial charge in [-0.3, -0.25) is 0 Å². The number of hydrogen-bond acceptors (Lipinski definition) is 2. The van der Waals surface area contributed by atoms with Crippen LogP contribution in [0.15, 0.2) is 29.2 Å². The van der Waals surface area contributed by atoms with Gasteiger partial charge in [0.05, 0.1) is 4.90 Å². The molecule has 0 saturated heterocycles. The molecular weight excluding hydrogens is 309 g/mol. The number of rotatable bonds is 5. The minimum absolute atomic E-state index is 0.0673. The fourth-order valence-corrected chi connectivity index (χ4v) is 2.56. The molecule has 17 heavy (non-hydrogen) atoms. The Kier molecular flexibility index (Phi) is 5.09. The molecule has 6 heteroatoms. The van der Waals surface area contributed by atoms with Gasteiger partial charge in [-0.1, -0.05) is 29.8 Å². The van der Waals surface area contributed by atoms with Crippen LogP contribution in [0.25, 0.3) is 0 Å². The average Bonchev–Trinajstić information content (AvgIpc) is 2.26. The van der Waals surface area contributed by atoms with Gasteiger partial charge in [-0.15, -0.1) is 0 Å². The second-order valence-corrected chi connectivity index (χ2v) is 7.01. The van der Waals surface area contributed by atoms with Gasteiger partial charge < -0.3 is 0 Å². The summed E-state index contributed by atoms with van der Waals surface area (Å²) in [7, 11) is -3.55. The van der Waals surface area contributed by atoms with Crippen molar-refractivity contribution in [3.05, 3.63) is 30.1 Å².